The summed E-state index contributed by atoms with van der Waals surface area (Å²) in [6, 6.07) is 0. The molecule has 0 aromatic heterocycles. The smallest absolute Gasteiger partial charge is 0.242 e. The molecule has 15 heavy (non-hydrogen) atoms. The van der Waals surface area contributed by atoms with Gasteiger partial charge in [0.05, 0.1) is 12.1 Å². The van der Waals surface area contributed by atoms with Gasteiger partial charge in [0.15, 0.2) is 0 Å². The second-order valence-corrected chi connectivity index (χ2v) is 4.20. The molecule has 0 spiro atoms. The Labute approximate surface area is 90.0 Å². The molecule has 0 heterocycles. The summed E-state index contributed by atoms with van der Waals surface area (Å²) in [5, 5.41) is 2.48. The molecular formula is C10H19N3O2. The molecule has 3 N–H and O–H groups in total. The molecule has 1 aliphatic carbocycles. The molecule has 0 atom stereocenters. The van der Waals surface area contributed by atoms with Crippen LogP contribution in [0.2, 0.25) is 0 Å². The number of carbonyl (C=O) groups is 2. The molecule has 0 saturated heterocycles. The van der Waals surface area contributed by atoms with E-state index in [9.17, 15) is 9.59 Å². The van der Waals surface area contributed by atoms with E-state index in [-0.39, 0.29) is 18.4 Å². The fraction of sp³-hybridized carbons (Fsp3) is 0.800. The molecule has 0 aromatic rings. The van der Waals surface area contributed by atoms with Gasteiger partial charge in [0.2, 0.25) is 11.8 Å². The molecule has 5 nitrogen and oxygen atoms in total. The normalized spacial score (nSPS) is 18.6. The number of amides is 2. The van der Waals surface area contributed by atoms with Crippen molar-refractivity contribution in [3.05, 3.63) is 0 Å². The first-order chi connectivity index (χ1) is 6.99. The lowest BCUT2D eigenvalue weighted by atomic mass is 9.97. The van der Waals surface area contributed by atoms with Crippen LogP contribution < -0.4 is 11.1 Å². The highest BCUT2D eigenvalue weighted by Gasteiger charge is 2.39. The third kappa shape index (κ3) is 2.68. The first-order valence-electron chi connectivity index (χ1n) is 5.24. The molecule has 1 aliphatic rings. The van der Waals surface area contributed by atoms with E-state index in [0.717, 1.165) is 25.7 Å². The summed E-state index contributed by atoms with van der Waals surface area (Å²) in [6.07, 6.45) is 3.44. The van der Waals surface area contributed by atoms with E-state index >= 15 is 0 Å². The highest BCUT2D eigenvalue weighted by Crippen LogP contribution is 2.28. The van der Waals surface area contributed by atoms with Crippen molar-refractivity contribution in [2.75, 3.05) is 20.6 Å². The second-order valence-electron chi connectivity index (χ2n) is 4.20. The van der Waals surface area contributed by atoms with Crippen molar-refractivity contribution in [1.82, 2.24) is 10.2 Å². The molecule has 0 aromatic carbocycles. The van der Waals surface area contributed by atoms with Gasteiger partial charge >= 0.3 is 0 Å². The van der Waals surface area contributed by atoms with Crippen molar-refractivity contribution in [3.63, 3.8) is 0 Å². The van der Waals surface area contributed by atoms with E-state index < -0.39 is 5.54 Å². The van der Waals surface area contributed by atoms with Crippen LogP contribution in [-0.4, -0.2) is 42.9 Å². The minimum atomic E-state index is -0.733. The van der Waals surface area contributed by atoms with Gasteiger partial charge in [-0.05, 0) is 12.8 Å². The second kappa shape index (κ2) is 4.61. The number of hydrogen-bond acceptors (Lipinski definition) is 3. The van der Waals surface area contributed by atoms with E-state index in [2.05, 4.69) is 5.32 Å². The van der Waals surface area contributed by atoms with Crippen LogP contribution in [0, 0.1) is 0 Å². The van der Waals surface area contributed by atoms with Gasteiger partial charge in [-0.1, -0.05) is 12.8 Å². The summed E-state index contributed by atoms with van der Waals surface area (Å²) in [5.74, 6) is -0.295. The maximum Gasteiger partial charge on any atom is 0.242 e. The molecule has 1 saturated carbocycles. The summed E-state index contributed by atoms with van der Waals surface area (Å²) >= 11 is 0. The number of nitrogens with one attached hydrogen (secondary N) is 1. The maximum absolute atomic E-state index is 11.9. The Morgan fingerprint density at radius 1 is 1.40 bits per heavy atom. The largest absolute Gasteiger partial charge is 0.358 e. The Kier molecular flexibility index (Phi) is 3.68. The van der Waals surface area contributed by atoms with Crippen LogP contribution in [0.5, 0.6) is 0 Å². The summed E-state index contributed by atoms with van der Waals surface area (Å²) in [7, 11) is 3.17. The van der Waals surface area contributed by atoms with Gasteiger partial charge in [0.1, 0.15) is 0 Å². The maximum atomic E-state index is 11.9. The van der Waals surface area contributed by atoms with Crippen molar-refractivity contribution >= 4 is 11.8 Å². The molecule has 1 rings (SSSR count). The monoisotopic (exact) mass is 213 g/mol. The lowest BCUT2D eigenvalue weighted by Crippen LogP contribution is -2.54. The molecule has 2 amide bonds. The average Bonchev–Trinajstić information content (AvgIpc) is 2.65. The molecule has 0 bridgehead atoms. The Morgan fingerprint density at radius 3 is 2.40 bits per heavy atom. The predicted molar refractivity (Wildman–Crippen MR) is 57.1 cm³/mol. The van der Waals surface area contributed by atoms with Crippen LogP contribution in [0.1, 0.15) is 25.7 Å². The third-order valence-electron chi connectivity index (χ3n) is 2.93. The summed E-state index contributed by atoms with van der Waals surface area (Å²) in [5.41, 5.74) is 5.26. The number of nitrogens with two attached hydrogens (primary N) is 1. The third-order valence-corrected chi connectivity index (χ3v) is 2.93. The fourth-order valence-electron chi connectivity index (χ4n) is 1.97. The summed E-state index contributed by atoms with van der Waals surface area (Å²) in [4.78, 5) is 24.4. The first kappa shape index (κ1) is 12.0. The van der Waals surface area contributed by atoms with Gasteiger partial charge in [-0.2, -0.15) is 0 Å². The molecular weight excluding hydrogens is 194 g/mol. The van der Waals surface area contributed by atoms with Crippen LogP contribution in [0.15, 0.2) is 0 Å². The highest BCUT2D eigenvalue weighted by molar-refractivity contribution is 5.90. The van der Waals surface area contributed by atoms with E-state index in [4.69, 9.17) is 5.73 Å². The molecule has 1 fully saturated rings. The Bertz CT molecular complexity index is 259. The number of rotatable bonds is 3. The van der Waals surface area contributed by atoms with Crippen molar-refractivity contribution in [2.24, 2.45) is 5.73 Å². The van der Waals surface area contributed by atoms with Crippen molar-refractivity contribution in [1.29, 1.82) is 0 Å². The van der Waals surface area contributed by atoms with Gasteiger partial charge in [-0.3, -0.25) is 9.59 Å². The lowest BCUT2D eigenvalue weighted by Gasteiger charge is -2.28. The molecule has 0 unspecified atom stereocenters. The van der Waals surface area contributed by atoms with Crippen LogP contribution in [0.25, 0.3) is 0 Å². The number of carbonyl (C=O) groups excluding carboxylic acids is 2. The van der Waals surface area contributed by atoms with E-state index in [0.29, 0.717) is 0 Å². The van der Waals surface area contributed by atoms with Crippen molar-refractivity contribution in [2.45, 2.75) is 31.2 Å². The molecule has 0 radical (unpaired) electrons. The van der Waals surface area contributed by atoms with Crippen molar-refractivity contribution < 1.29 is 9.59 Å². The molecule has 86 valence electrons. The zero-order valence-electron chi connectivity index (χ0n) is 9.38. The van der Waals surface area contributed by atoms with Gasteiger partial charge in [-0.25, -0.2) is 0 Å². The van der Waals surface area contributed by atoms with Crippen molar-refractivity contribution in [3.8, 4) is 0 Å². The summed E-state index contributed by atoms with van der Waals surface area (Å²) in [6.45, 7) is 0.0777. The van der Waals surface area contributed by atoms with E-state index in [1.807, 2.05) is 0 Å². The Morgan fingerprint density at radius 2 is 1.93 bits per heavy atom. The lowest BCUT2D eigenvalue weighted by molar-refractivity contribution is -0.138. The fourth-order valence-corrected chi connectivity index (χ4v) is 1.97. The van der Waals surface area contributed by atoms with Gasteiger partial charge in [0.25, 0.3) is 0 Å². The zero-order valence-corrected chi connectivity index (χ0v) is 9.38. The number of nitrogens with zero attached hydrogens (tertiary/aromatic N) is 1. The highest BCUT2D eigenvalue weighted by atomic mass is 16.2. The SMILES string of the molecule is CNC(=O)CN(C)C(=O)C1(N)CCCC1. The van der Waals surface area contributed by atoms with Crippen LogP contribution in [0.4, 0.5) is 0 Å². The molecule has 0 aliphatic heterocycles. The van der Waals surface area contributed by atoms with Gasteiger partial charge in [0, 0.05) is 14.1 Å². The Balaban J connectivity index is 2.55. The predicted octanol–water partition coefficient (Wildman–Crippen LogP) is -0.538. The van der Waals surface area contributed by atoms with E-state index in [1.54, 1.807) is 14.1 Å². The minimum Gasteiger partial charge on any atom is -0.358 e. The van der Waals surface area contributed by atoms with Crippen LogP contribution in [-0.2, 0) is 9.59 Å². The first-order valence-corrected chi connectivity index (χ1v) is 5.24. The quantitative estimate of drug-likeness (QED) is 0.661. The standard InChI is InChI=1S/C10H19N3O2/c1-12-8(14)7-13(2)9(15)10(11)5-3-4-6-10/h3-7,11H2,1-2H3,(H,12,14). The van der Waals surface area contributed by atoms with Crippen LogP contribution >= 0.6 is 0 Å². The number of likely N-dealkylation sites (N-methyl/N-ethyl adjacent to an activating group) is 2. The van der Waals surface area contributed by atoms with E-state index in [1.165, 1.54) is 4.90 Å². The van der Waals surface area contributed by atoms with Gasteiger partial charge in [-0.15, -0.1) is 0 Å². The molecule has 5 heteroatoms. The Hall–Kier alpha value is -1.10. The number of hydrogen-bond donors (Lipinski definition) is 2. The topological polar surface area (TPSA) is 75.4 Å². The minimum absolute atomic E-state index is 0.0777. The average molecular weight is 213 g/mol. The van der Waals surface area contributed by atoms with Crippen LogP contribution in [0.3, 0.4) is 0 Å². The van der Waals surface area contributed by atoms with Gasteiger partial charge < -0.3 is 16.0 Å². The zero-order chi connectivity index (χ0) is 11.5. The summed E-state index contributed by atoms with van der Waals surface area (Å²) < 4.78 is 0.